The highest BCUT2D eigenvalue weighted by Crippen LogP contribution is 2.26. The number of tetrazole rings is 1. The standard InChI is InChI=1S/C21H23FN8O2/c1-4-23-21(32)29-10-13-8-15(16(22)9-14(13)11-29)20(31)25-18-7-5-6-17(24-18)19-26-27-28-30(19)12(2)3/h5-9,12H,4,10-11H2,1-3H3,(H,23,32)(H,24,25,31). The number of hydrogen-bond donors (Lipinski definition) is 2. The Morgan fingerprint density at radius 2 is 1.94 bits per heavy atom. The normalized spacial score (nSPS) is 12.7. The summed E-state index contributed by atoms with van der Waals surface area (Å²) >= 11 is 0. The van der Waals surface area contributed by atoms with Gasteiger partial charge in [-0.05, 0) is 66.6 Å². The van der Waals surface area contributed by atoms with Crippen molar-refractivity contribution in [1.82, 2.24) is 35.4 Å². The molecule has 11 heteroatoms. The third-order valence-corrected chi connectivity index (χ3v) is 5.07. The van der Waals surface area contributed by atoms with Crippen molar-refractivity contribution in [2.75, 3.05) is 11.9 Å². The number of benzene rings is 1. The molecule has 0 saturated heterocycles. The molecule has 0 atom stereocenters. The Hall–Kier alpha value is -3.89. The molecule has 3 aromatic rings. The molecule has 0 bridgehead atoms. The van der Waals surface area contributed by atoms with E-state index in [9.17, 15) is 14.0 Å². The first-order valence-electron chi connectivity index (χ1n) is 10.3. The number of rotatable bonds is 5. The molecule has 2 N–H and O–H groups in total. The first-order chi connectivity index (χ1) is 15.4. The SMILES string of the molecule is CCNC(=O)N1Cc2cc(F)c(C(=O)Nc3cccc(-c4nnnn4C(C)C)n3)cc2C1. The molecule has 10 nitrogen and oxygen atoms in total. The third kappa shape index (κ3) is 4.13. The lowest BCUT2D eigenvalue weighted by Gasteiger charge is -2.15. The fourth-order valence-corrected chi connectivity index (χ4v) is 3.52. The van der Waals surface area contributed by atoms with Gasteiger partial charge >= 0.3 is 6.03 Å². The molecule has 1 aromatic carbocycles. The molecule has 0 saturated carbocycles. The lowest BCUT2D eigenvalue weighted by atomic mass is 10.1. The van der Waals surface area contributed by atoms with Crippen LogP contribution in [-0.2, 0) is 13.1 Å². The Morgan fingerprint density at radius 1 is 1.19 bits per heavy atom. The summed E-state index contributed by atoms with van der Waals surface area (Å²) in [5.74, 6) is -0.575. The summed E-state index contributed by atoms with van der Waals surface area (Å²) in [6.45, 7) is 6.82. The van der Waals surface area contributed by atoms with E-state index in [0.29, 0.717) is 36.7 Å². The van der Waals surface area contributed by atoms with Crippen molar-refractivity contribution >= 4 is 17.8 Å². The molecule has 3 heterocycles. The third-order valence-electron chi connectivity index (χ3n) is 5.07. The van der Waals surface area contributed by atoms with Crippen LogP contribution in [0.3, 0.4) is 0 Å². The summed E-state index contributed by atoms with van der Waals surface area (Å²) in [5, 5.41) is 17.0. The zero-order valence-corrected chi connectivity index (χ0v) is 18.0. The molecular formula is C21H23FN8O2. The van der Waals surface area contributed by atoms with E-state index in [-0.39, 0.29) is 23.5 Å². The minimum atomic E-state index is -0.654. The van der Waals surface area contributed by atoms with Crippen LogP contribution in [0.5, 0.6) is 0 Å². The monoisotopic (exact) mass is 438 g/mol. The van der Waals surface area contributed by atoms with E-state index in [4.69, 9.17) is 0 Å². The Labute approximate surface area is 183 Å². The maximum absolute atomic E-state index is 14.7. The summed E-state index contributed by atoms with van der Waals surface area (Å²) in [5.41, 5.74) is 1.79. The highest BCUT2D eigenvalue weighted by atomic mass is 19.1. The molecule has 2 aromatic heterocycles. The molecular weight excluding hydrogens is 415 g/mol. The lowest BCUT2D eigenvalue weighted by Crippen LogP contribution is -2.36. The number of carbonyl (C=O) groups excluding carboxylic acids is 2. The second-order valence-corrected chi connectivity index (χ2v) is 7.70. The minimum Gasteiger partial charge on any atom is -0.338 e. The number of carbonyl (C=O) groups is 2. The summed E-state index contributed by atoms with van der Waals surface area (Å²) < 4.78 is 16.3. The van der Waals surface area contributed by atoms with Crippen molar-refractivity contribution in [2.45, 2.75) is 39.9 Å². The number of pyridine rings is 1. The van der Waals surface area contributed by atoms with E-state index in [1.165, 1.54) is 12.1 Å². The number of nitrogens with zero attached hydrogens (tertiary/aromatic N) is 6. The van der Waals surface area contributed by atoms with Gasteiger partial charge in [0.05, 0.1) is 11.6 Å². The average molecular weight is 438 g/mol. The number of fused-ring (bicyclic) bond motifs is 1. The average Bonchev–Trinajstić information content (AvgIpc) is 3.40. The van der Waals surface area contributed by atoms with Crippen molar-refractivity contribution < 1.29 is 14.0 Å². The summed E-state index contributed by atoms with van der Waals surface area (Å²) in [4.78, 5) is 30.8. The topological polar surface area (TPSA) is 118 Å². The van der Waals surface area contributed by atoms with Gasteiger partial charge in [-0.2, -0.15) is 0 Å². The molecule has 4 rings (SSSR count). The van der Waals surface area contributed by atoms with Crippen LogP contribution < -0.4 is 10.6 Å². The van der Waals surface area contributed by atoms with Crippen molar-refractivity contribution in [3.8, 4) is 11.5 Å². The van der Waals surface area contributed by atoms with Crippen LogP contribution in [0, 0.1) is 5.82 Å². The van der Waals surface area contributed by atoms with Crippen molar-refractivity contribution in [2.24, 2.45) is 0 Å². The van der Waals surface area contributed by atoms with Gasteiger partial charge in [0.1, 0.15) is 17.3 Å². The van der Waals surface area contributed by atoms with Gasteiger partial charge in [-0.1, -0.05) is 6.07 Å². The fourth-order valence-electron chi connectivity index (χ4n) is 3.52. The van der Waals surface area contributed by atoms with Crippen LogP contribution in [-0.4, -0.2) is 48.6 Å². The van der Waals surface area contributed by atoms with Gasteiger partial charge in [-0.25, -0.2) is 18.9 Å². The quantitative estimate of drug-likeness (QED) is 0.632. The Balaban J connectivity index is 1.54. The van der Waals surface area contributed by atoms with Crippen LogP contribution in [0.25, 0.3) is 11.5 Å². The number of aromatic nitrogens is 5. The number of halogens is 1. The number of amides is 3. The van der Waals surface area contributed by atoms with E-state index in [2.05, 4.69) is 31.1 Å². The second-order valence-electron chi connectivity index (χ2n) is 7.70. The van der Waals surface area contributed by atoms with Crippen molar-refractivity contribution in [1.29, 1.82) is 0 Å². The van der Waals surface area contributed by atoms with E-state index >= 15 is 0 Å². The minimum absolute atomic E-state index is 0.0273. The zero-order chi connectivity index (χ0) is 22.8. The smallest absolute Gasteiger partial charge is 0.317 e. The predicted octanol–water partition coefficient (Wildman–Crippen LogP) is 2.75. The molecule has 0 aliphatic carbocycles. The maximum atomic E-state index is 14.7. The maximum Gasteiger partial charge on any atom is 0.317 e. The molecule has 0 radical (unpaired) electrons. The molecule has 0 unspecified atom stereocenters. The number of nitrogens with one attached hydrogen (secondary N) is 2. The van der Waals surface area contributed by atoms with Crippen LogP contribution in [0.1, 0.15) is 48.3 Å². The molecule has 166 valence electrons. The Morgan fingerprint density at radius 3 is 2.66 bits per heavy atom. The molecule has 1 aliphatic rings. The Kier molecular flexibility index (Phi) is 5.80. The highest BCUT2D eigenvalue weighted by molar-refractivity contribution is 6.04. The first-order valence-corrected chi connectivity index (χ1v) is 10.3. The first kappa shape index (κ1) is 21.3. The lowest BCUT2D eigenvalue weighted by molar-refractivity contribution is 0.102. The summed E-state index contributed by atoms with van der Waals surface area (Å²) in [7, 11) is 0. The van der Waals surface area contributed by atoms with Crippen LogP contribution >= 0.6 is 0 Å². The molecule has 1 aliphatic heterocycles. The zero-order valence-electron chi connectivity index (χ0n) is 18.0. The van der Waals surface area contributed by atoms with E-state index in [0.717, 1.165) is 5.56 Å². The summed E-state index contributed by atoms with van der Waals surface area (Å²) in [6.07, 6.45) is 0. The predicted molar refractivity (Wildman–Crippen MR) is 114 cm³/mol. The second kappa shape index (κ2) is 8.69. The van der Waals surface area contributed by atoms with Crippen molar-refractivity contribution in [3.05, 3.63) is 52.8 Å². The van der Waals surface area contributed by atoms with E-state index < -0.39 is 11.7 Å². The fraction of sp³-hybridized carbons (Fsp3) is 0.333. The van der Waals surface area contributed by atoms with Crippen molar-refractivity contribution in [3.63, 3.8) is 0 Å². The number of anilines is 1. The van der Waals surface area contributed by atoms with Gasteiger partial charge in [-0.15, -0.1) is 5.10 Å². The number of urea groups is 1. The highest BCUT2D eigenvalue weighted by Gasteiger charge is 2.26. The number of hydrogen-bond acceptors (Lipinski definition) is 6. The molecule has 0 fully saturated rings. The van der Waals surface area contributed by atoms with E-state index in [1.807, 2.05) is 20.8 Å². The van der Waals surface area contributed by atoms with Gasteiger partial charge in [0.15, 0.2) is 0 Å². The van der Waals surface area contributed by atoms with Crippen LogP contribution in [0.2, 0.25) is 0 Å². The molecule has 3 amide bonds. The Bertz CT molecular complexity index is 1180. The largest absolute Gasteiger partial charge is 0.338 e. The van der Waals surface area contributed by atoms with Gasteiger partial charge in [0.2, 0.25) is 5.82 Å². The van der Waals surface area contributed by atoms with Gasteiger partial charge in [0, 0.05) is 19.6 Å². The van der Waals surface area contributed by atoms with Crippen LogP contribution in [0.15, 0.2) is 30.3 Å². The van der Waals surface area contributed by atoms with Gasteiger partial charge in [-0.3, -0.25) is 4.79 Å². The molecule has 0 spiro atoms. The summed E-state index contributed by atoms with van der Waals surface area (Å²) in [6, 6.07) is 7.64. The van der Waals surface area contributed by atoms with Gasteiger partial charge in [0.25, 0.3) is 5.91 Å². The molecule has 32 heavy (non-hydrogen) atoms. The van der Waals surface area contributed by atoms with Gasteiger partial charge < -0.3 is 15.5 Å². The van der Waals surface area contributed by atoms with E-state index in [1.54, 1.807) is 27.8 Å². The van der Waals surface area contributed by atoms with Crippen LogP contribution in [0.4, 0.5) is 15.0 Å².